The first kappa shape index (κ1) is 30.0. The van der Waals surface area contributed by atoms with Crippen molar-refractivity contribution in [3.63, 3.8) is 0 Å². The molecule has 2 aromatic carbocycles. The summed E-state index contributed by atoms with van der Waals surface area (Å²) < 4.78 is 13.1. The fraction of sp³-hybridized carbons (Fsp3) is 0.559. The molecule has 3 aromatic rings. The van der Waals surface area contributed by atoms with Gasteiger partial charge in [-0.25, -0.2) is 0 Å². The number of nitrogens with zero attached hydrogens (tertiary/aromatic N) is 5. The molecule has 10 heteroatoms. The number of rotatable bonds is 7. The molecule has 234 valence electrons. The van der Waals surface area contributed by atoms with E-state index in [0.29, 0.717) is 37.3 Å². The molecule has 1 atom stereocenters. The number of phenols is 1. The molecule has 4 heterocycles. The standard InChI is InChI=1S/C34H42IN5O4/c1-23-7-3-2-4-13-40(23)31-27-19-39(32(42)26-18-25(41)17-24-8-5-9-28(35)30(24)26)20-29(27)36-33(37-31)44-22-34(10-11-34)21-38-12-6-15-43-16-14-38/h5,8-9,17-18,23,41H,2-4,6-7,10-16,19-22H2,1H3/t23-/m1/s1. The molecule has 2 saturated heterocycles. The van der Waals surface area contributed by atoms with Gasteiger partial charge in [0.1, 0.15) is 11.6 Å². The SMILES string of the molecule is C[C@@H]1CCCCCN1c1nc(OCC2(CN3CCCOCC3)CC2)nc2c1CN(C(=O)c1cc(O)cc3cccc(I)c13)C2. The Morgan fingerprint density at radius 1 is 1.09 bits per heavy atom. The lowest BCUT2D eigenvalue weighted by atomic mass is 10.0. The number of phenolic OH excluding ortho intramolecular Hbond substituents is 1. The van der Waals surface area contributed by atoms with Crippen LogP contribution in [0.5, 0.6) is 11.8 Å². The Morgan fingerprint density at radius 3 is 2.84 bits per heavy atom. The van der Waals surface area contributed by atoms with E-state index >= 15 is 0 Å². The normalized spacial score (nSPS) is 22.0. The lowest BCUT2D eigenvalue weighted by molar-refractivity contribution is 0.0752. The molecule has 9 nitrogen and oxygen atoms in total. The molecule has 4 aliphatic rings. The summed E-state index contributed by atoms with van der Waals surface area (Å²) in [5, 5.41) is 12.2. The van der Waals surface area contributed by atoms with Gasteiger partial charge in [-0.1, -0.05) is 25.0 Å². The number of anilines is 1. The van der Waals surface area contributed by atoms with Crippen LogP contribution in [0, 0.1) is 8.99 Å². The van der Waals surface area contributed by atoms with Crippen LogP contribution in [0.25, 0.3) is 10.8 Å². The van der Waals surface area contributed by atoms with E-state index in [-0.39, 0.29) is 17.1 Å². The molecule has 1 aromatic heterocycles. The lowest BCUT2D eigenvalue weighted by Gasteiger charge is -2.30. The van der Waals surface area contributed by atoms with Gasteiger partial charge in [0, 0.05) is 58.8 Å². The number of amides is 1. The predicted molar refractivity (Wildman–Crippen MR) is 178 cm³/mol. The summed E-state index contributed by atoms with van der Waals surface area (Å²) in [6, 6.07) is 9.97. The van der Waals surface area contributed by atoms with Crippen LogP contribution >= 0.6 is 22.6 Å². The third-order valence-corrected chi connectivity index (χ3v) is 10.7. The average molecular weight is 712 g/mol. The highest BCUT2D eigenvalue weighted by Crippen LogP contribution is 2.47. The Kier molecular flexibility index (Phi) is 8.58. The molecule has 0 radical (unpaired) electrons. The molecule has 3 fully saturated rings. The fourth-order valence-electron chi connectivity index (χ4n) is 7.13. The Bertz CT molecular complexity index is 1540. The second-order valence-electron chi connectivity index (χ2n) is 13.2. The zero-order valence-corrected chi connectivity index (χ0v) is 27.7. The highest BCUT2D eigenvalue weighted by Gasteiger charge is 2.45. The second kappa shape index (κ2) is 12.6. The maximum absolute atomic E-state index is 14.1. The Labute approximate surface area is 273 Å². The summed E-state index contributed by atoms with van der Waals surface area (Å²) in [5.41, 5.74) is 2.55. The first-order chi connectivity index (χ1) is 21.4. The van der Waals surface area contributed by atoms with E-state index < -0.39 is 0 Å². The van der Waals surface area contributed by atoms with Gasteiger partial charge in [0.05, 0.1) is 37.6 Å². The number of aromatic nitrogens is 2. The van der Waals surface area contributed by atoms with Crippen molar-refractivity contribution in [3.8, 4) is 11.8 Å². The summed E-state index contributed by atoms with van der Waals surface area (Å²) in [7, 11) is 0. The molecule has 0 bridgehead atoms. The van der Waals surface area contributed by atoms with Crippen LogP contribution in [0.15, 0.2) is 30.3 Å². The molecule has 0 spiro atoms. The largest absolute Gasteiger partial charge is 0.508 e. The summed E-state index contributed by atoms with van der Waals surface area (Å²) in [5.74, 6) is 0.902. The van der Waals surface area contributed by atoms with Gasteiger partial charge in [-0.2, -0.15) is 9.97 Å². The molecule has 1 N–H and O–H groups in total. The van der Waals surface area contributed by atoms with E-state index in [1.165, 1.54) is 12.8 Å². The zero-order chi connectivity index (χ0) is 30.3. The molecule has 1 saturated carbocycles. The monoisotopic (exact) mass is 711 g/mol. The number of halogens is 1. The maximum Gasteiger partial charge on any atom is 0.318 e. The van der Waals surface area contributed by atoms with Crippen molar-refractivity contribution in [2.75, 3.05) is 50.9 Å². The van der Waals surface area contributed by atoms with E-state index in [1.807, 2.05) is 23.1 Å². The van der Waals surface area contributed by atoms with E-state index in [9.17, 15) is 9.90 Å². The Morgan fingerprint density at radius 2 is 1.98 bits per heavy atom. The molecule has 3 aliphatic heterocycles. The number of benzene rings is 2. The van der Waals surface area contributed by atoms with Crippen molar-refractivity contribution in [2.45, 2.75) is 71.0 Å². The third kappa shape index (κ3) is 6.22. The van der Waals surface area contributed by atoms with Crippen molar-refractivity contribution >= 4 is 45.1 Å². The number of ether oxygens (including phenoxy) is 2. The van der Waals surface area contributed by atoms with Gasteiger partial charge in [-0.05, 0) is 85.2 Å². The van der Waals surface area contributed by atoms with Crippen LogP contribution in [-0.2, 0) is 17.8 Å². The van der Waals surface area contributed by atoms with E-state index in [2.05, 4.69) is 39.3 Å². The van der Waals surface area contributed by atoms with Crippen LogP contribution in [0.4, 0.5) is 5.82 Å². The quantitative estimate of drug-likeness (QED) is 0.311. The fourth-order valence-corrected chi connectivity index (χ4v) is 7.94. The molecular weight excluding hydrogens is 669 g/mol. The molecule has 7 rings (SSSR count). The first-order valence-corrected chi connectivity index (χ1v) is 17.3. The number of hydrogen-bond acceptors (Lipinski definition) is 8. The molecular formula is C34H42IN5O4. The maximum atomic E-state index is 14.1. The van der Waals surface area contributed by atoms with Crippen molar-refractivity contribution < 1.29 is 19.4 Å². The number of carbonyl (C=O) groups is 1. The average Bonchev–Trinajstić information content (AvgIpc) is 3.76. The number of aromatic hydroxyl groups is 1. The van der Waals surface area contributed by atoms with E-state index in [1.54, 1.807) is 12.1 Å². The van der Waals surface area contributed by atoms with Gasteiger partial charge in [0.25, 0.3) is 5.91 Å². The second-order valence-corrected chi connectivity index (χ2v) is 14.3. The minimum Gasteiger partial charge on any atom is -0.508 e. The summed E-state index contributed by atoms with van der Waals surface area (Å²) in [6.07, 6.45) is 8.07. The number of hydrogen-bond donors (Lipinski definition) is 1. The van der Waals surface area contributed by atoms with Crippen LogP contribution in [0.2, 0.25) is 0 Å². The molecule has 1 aliphatic carbocycles. The van der Waals surface area contributed by atoms with Crippen molar-refractivity contribution in [3.05, 3.63) is 50.7 Å². The van der Waals surface area contributed by atoms with Gasteiger partial charge < -0.3 is 29.3 Å². The summed E-state index contributed by atoms with van der Waals surface area (Å²) in [4.78, 5) is 30.9. The van der Waals surface area contributed by atoms with Gasteiger partial charge >= 0.3 is 6.01 Å². The summed E-state index contributed by atoms with van der Waals surface area (Å²) >= 11 is 2.27. The highest BCUT2D eigenvalue weighted by molar-refractivity contribution is 14.1. The third-order valence-electron chi connectivity index (χ3n) is 9.83. The first-order valence-electron chi connectivity index (χ1n) is 16.2. The minimum atomic E-state index is -0.108. The zero-order valence-electron chi connectivity index (χ0n) is 25.6. The van der Waals surface area contributed by atoms with Crippen molar-refractivity contribution in [1.29, 1.82) is 0 Å². The molecule has 0 unspecified atom stereocenters. The van der Waals surface area contributed by atoms with Crippen LogP contribution in [-0.4, -0.2) is 82.8 Å². The van der Waals surface area contributed by atoms with Gasteiger partial charge in [-0.15, -0.1) is 0 Å². The summed E-state index contributed by atoms with van der Waals surface area (Å²) in [6.45, 7) is 9.38. The van der Waals surface area contributed by atoms with Gasteiger partial charge in [0.15, 0.2) is 0 Å². The number of fused-ring (bicyclic) bond motifs is 2. The van der Waals surface area contributed by atoms with Crippen LogP contribution in [0.1, 0.15) is 73.5 Å². The van der Waals surface area contributed by atoms with Crippen LogP contribution < -0.4 is 9.64 Å². The van der Waals surface area contributed by atoms with Crippen LogP contribution in [0.3, 0.4) is 0 Å². The van der Waals surface area contributed by atoms with Crippen molar-refractivity contribution in [2.24, 2.45) is 5.41 Å². The predicted octanol–water partition coefficient (Wildman–Crippen LogP) is 5.75. The minimum absolute atomic E-state index is 0.0934. The lowest BCUT2D eigenvalue weighted by Crippen LogP contribution is -2.36. The molecule has 44 heavy (non-hydrogen) atoms. The topological polar surface area (TPSA) is 91.3 Å². The highest BCUT2D eigenvalue weighted by atomic mass is 127. The van der Waals surface area contributed by atoms with Gasteiger partial charge in [0.2, 0.25) is 0 Å². The Hall–Kier alpha value is -2.70. The Balaban J connectivity index is 1.17. The smallest absolute Gasteiger partial charge is 0.318 e. The number of carbonyl (C=O) groups excluding carboxylic acids is 1. The van der Waals surface area contributed by atoms with Crippen molar-refractivity contribution in [1.82, 2.24) is 19.8 Å². The van der Waals surface area contributed by atoms with E-state index in [4.69, 9.17) is 19.4 Å². The van der Waals surface area contributed by atoms with Gasteiger partial charge in [-0.3, -0.25) is 4.79 Å². The molecule has 1 amide bonds. The van der Waals surface area contributed by atoms with E-state index in [0.717, 1.165) is 103 Å².